The van der Waals surface area contributed by atoms with E-state index in [4.69, 9.17) is 27.6 Å². The Bertz CT molecular complexity index is 546. The molecule has 0 aliphatic heterocycles. The third-order valence-electron chi connectivity index (χ3n) is 2.75. The summed E-state index contributed by atoms with van der Waals surface area (Å²) in [6.45, 7) is 6.88. The normalized spacial score (nSPS) is 11.6. The first-order chi connectivity index (χ1) is 8.00. The number of rotatable bonds is 3. The van der Waals surface area contributed by atoms with Crippen molar-refractivity contribution in [2.75, 3.05) is 0 Å². The van der Waals surface area contributed by atoms with Gasteiger partial charge in [-0.25, -0.2) is 0 Å². The molecule has 2 rings (SSSR count). The molecule has 2 nitrogen and oxygen atoms in total. The van der Waals surface area contributed by atoms with E-state index in [2.05, 4.69) is 19.2 Å². The molecule has 0 atom stereocenters. The fourth-order valence-electron chi connectivity index (χ4n) is 1.79. The van der Waals surface area contributed by atoms with Gasteiger partial charge in [0.15, 0.2) is 5.58 Å². The summed E-state index contributed by atoms with van der Waals surface area (Å²) in [5.41, 5.74) is 1.73. The van der Waals surface area contributed by atoms with Crippen LogP contribution in [0.3, 0.4) is 0 Å². The summed E-state index contributed by atoms with van der Waals surface area (Å²) >= 11 is 12.3. The zero-order valence-electron chi connectivity index (χ0n) is 10.1. The van der Waals surface area contributed by atoms with Gasteiger partial charge in [-0.05, 0) is 19.1 Å². The average molecular weight is 272 g/mol. The second-order valence-electron chi connectivity index (χ2n) is 4.42. The lowest BCUT2D eigenvalue weighted by Gasteiger charge is -2.05. The van der Waals surface area contributed by atoms with E-state index >= 15 is 0 Å². The minimum absolute atomic E-state index is 0.411. The van der Waals surface area contributed by atoms with Crippen molar-refractivity contribution in [3.63, 3.8) is 0 Å². The van der Waals surface area contributed by atoms with Crippen molar-refractivity contribution >= 4 is 34.2 Å². The van der Waals surface area contributed by atoms with Gasteiger partial charge in [0.05, 0.1) is 16.6 Å². The fourth-order valence-corrected chi connectivity index (χ4v) is 2.27. The Kier molecular flexibility index (Phi) is 3.67. The second-order valence-corrected chi connectivity index (χ2v) is 5.23. The van der Waals surface area contributed by atoms with Crippen LogP contribution in [0.5, 0.6) is 0 Å². The van der Waals surface area contributed by atoms with E-state index in [0.717, 1.165) is 16.7 Å². The van der Waals surface area contributed by atoms with Gasteiger partial charge in [-0.15, -0.1) is 0 Å². The van der Waals surface area contributed by atoms with E-state index < -0.39 is 0 Å². The molecular formula is C13H15Cl2NO. The first-order valence-corrected chi connectivity index (χ1v) is 6.35. The Morgan fingerprint density at radius 2 is 1.88 bits per heavy atom. The largest absolute Gasteiger partial charge is 0.458 e. The highest BCUT2D eigenvalue weighted by Gasteiger charge is 2.15. The summed E-state index contributed by atoms with van der Waals surface area (Å²) < 4.78 is 5.78. The molecule has 0 amide bonds. The van der Waals surface area contributed by atoms with Crippen molar-refractivity contribution < 1.29 is 4.42 Å². The monoisotopic (exact) mass is 271 g/mol. The molecule has 0 saturated carbocycles. The van der Waals surface area contributed by atoms with Crippen molar-refractivity contribution in [3.05, 3.63) is 33.5 Å². The number of furan rings is 1. The molecule has 0 unspecified atom stereocenters. The molecule has 4 heteroatoms. The number of hydrogen-bond donors (Lipinski definition) is 1. The number of aryl methyl sites for hydroxylation is 1. The minimum Gasteiger partial charge on any atom is -0.458 e. The summed E-state index contributed by atoms with van der Waals surface area (Å²) in [4.78, 5) is 0. The molecule has 1 N–H and O–H groups in total. The number of hydrogen-bond acceptors (Lipinski definition) is 2. The minimum atomic E-state index is 0.411. The fraction of sp³-hybridized carbons (Fsp3) is 0.385. The van der Waals surface area contributed by atoms with E-state index in [1.165, 1.54) is 0 Å². The Morgan fingerprint density at radius 1 is 1.24 bits per heavy atom. The van der Waals surface area contributed by atoms with Gasteiger partial charge in [-0.1, -0.05) is 37.0 Å². The molecule has 1 heterocycles. The quantitative estimate of drug-likeness (QED) is 0.886. The topological polar surface area (TPSA) is 25.2 Å². The van der Waals surface area contributed by atoms with Gasteiger partial charge in [0, 0.05) is 17.0 Å². The third kappa shape index (κ3) is 2.44. The summed E-state index contributed by atoms with van der Waals surface area (Å²) in [6.07, 6.45) is 0. The first-order valence-electron chi connectivity index (χ1n) is 5.60. The van der Waals surface area contributed by atoms with Crippen molar-refractivity contribution in [2.45, 2.75) is 33.4 Å². The van der Waals surface area contributed by atoms with Crippen LogP contribution in [0.15, 0.2) is 16.5 Å². The Hall–Kier alpha value is -0.700. The molecule has 0 radical (unpaired) electrons. The van der Waals surface area contributed by atoms with Crippen LogP contribution in [0.25, 0.3) is 11.0 Å². The van der Waals surface area contributed by atoms with E-state index in [9.17, 15) is 0 Å². The van der Waals surface area contributed by atoms with Gasteiger partial charge in [0.25, 0.3) is 0 Å². The number of halogens is 2. The zero-order valence-corrected chi connectivity index (χ0v) is 11.6. The highest BCUT2D eigenvalue weighted by atomic mass is 35.5. The highest BCUT2D eigenvalue weighted by Crippen LogP contribution is 2.35. The Labute approximate surface area is 111 Å². The molecule has 17 heavy (non-hydrogen) atoms. The summed E-state index contributed by atoms with van der Waals surface area (Å²) in [5, 5.41) is 5.52. The van der Waals surface area contributed by atoms with Gasteiger partial charge >= 0.3 is 0 Å². The van der Waals surface area contributed by atoms with Crippen molar-refractivity contribution in [1.29, 1.82) is 0 Å². The molecule has 0 spiro atoms. The van der Waals surface area contributed by atoms with Crippen LogP contribution >= 0.6 is 23.2 Å². The molecule has 0 bridgehead atoms. The maximum atomic E-state index is 6.17. The van der Waals surface area contributed by atoms with Crippen LogP contribution in [-0.2, 0) is 6.54 Å². The standard InChI is InChI=1S/C13H15Cl2NO/c1-7(2)16-6-11-8(3)12-9(14)4-5-10(15)13(12)17-11/h4-5,7,16H,6H2,1-3H3. The highest BCUT2D eigenvalue weighted by molar-refractivity contribution is 6.40. The first kappa shape index (κ1) is 12.7. The summed E-state index contributed by atoms with van der Waals surface area (Å²) in [5.74, 6) is 0.892. The second kappa shape index (κ2) is 4.89. The van der Waals surface area contributed by atoms with E-state index in [1.807, 2.05) is 6.92 Å². The van der Waals surface area contributed by atoms with Gasteiger partial charge in [-0.2, -0.15) is 0 Å². The zero-order chi connectivity index (χ0) is 12.6. The van der Waals surface area contributed by atoms with Crippen LogP contribution < -0.4 is 5.32 Å². The third-order valence-corrected chi connectivity index (χ3v) is 3.36. The maximum absolute atomic E-state index is 6.17. The van der Waals surface area contributed by atoms with Crippen LogP contribution in [0.1, 0.15) is 25.2 Å². The molecule has 92 valence electrons. The smallest absolute Gasteiger partial charge is 0.154 e. The van der Waals surface area contributed by atoms with Gasteiger partial charge < -0.3 is 9.73 Å². The Balaban J connectivity index is 2.49. The maximum Gasteiger partial charge on any atom is 0.154 e. The van der Waals surface area contributed by atoms with Crippen LogP contribution in [0, 0.1) is 6.92 Å². The molecule has 0 saturated heterocycles. The molecule has 0 aliphatic rings. The van der Waals surface area contributed by atoms with Crippen LogP contribution in [0.2, 0.25) is 10.0 Å². The predicted octanol–water partition coefficient (Wildman–Crippen LogP) is 4.55. The molecule has 0 fully saturated rings. The molecule has 2 aromatic rings. The summed E-state index contributed by atoms with van der Waals surface area (Å²) in [7, 11) is 0. The lowest BCUT2D eigenvalue weighted by molar-refractivity contribution is 0.485. The van der Waals surface area contributed by atoms with Crippen molar-refractivity contribution in [2.24, 2.45) is 0 Å². The molecule has 1 aromatic heterocycles. The van der Waals surface area contributed by atoms with Crippen molar-refractivity contribution in [3.8, 4) is 0 Å². The van der Waals surface area contributed by atoms with Crippen molar-refractivity contribution in [1.82, 2.24) is 5.32 Å². The van der Waals surface area contributed by atoms with Gasteiger partial charge in [-0.3, -0.25) is 0 Å². The molecular weight excluding hydrogens is 257 g/mol. The van der Waals surface area contributed by atoms with E-state index in [-0.39, 0.29) is 0 Å². The molecule has 1 aromatic carbocycles. The van der Waals surface area contributed by atoms with Gasteiger partial charge in [0.1, 0.15) is 5.76 Å². The SMILES string of the molecule is Cc1c(CNC(C)C)oc2c(Cl)ccc(Cl)c12. The lowest BCUT2D eigenvalue weighted by atomic mass is 10.1. The van der Waals surface area contributed by atoms with Crippen LogP contribution in [-0.4, -0.2) is 6.04 Å². The van der Waals surface area contributed by atoms with E-state index in [0.29, 0.717) is 28.2 Å². The molecule has 0 aliphatic carbocycles. The number of benzene rings is 1. The Morgan fingerprint density at radius 3 is 2.47 bits per heavy atom. The summed E-state index contributed by atoms with van der Waals surface area (Å²) in [6, 6.07) is 3.97. The lowest BCUT2D eigenvalue weighted by Crippen LogP contribution is -2.21. The number of fused-ring (bicyclic) bond motifs is 1. The van der Waals surface area contributed by atoms with Gasteiger partial charge in [0.2, 0.25) is 0 Å². The number of nitrogens with one attached hydrogen (secondary N) is 1. The predicted molar refractivity (Wildman–Crippen MR) is 72.9 cm³/mol. The average Bonchev–Trinajstić information content (AvgIpc) is 2.60. The van der Waals surface area contributed by atoms with Crippen LogP contribution in [0.4, 0.5) is 0 Å². The van der Waals surface area contributed by atoms with E-state index in [1.54, 1.807) is 12.1 Å².